The van der Waals surface area contributed by atoms with Crippen LogP contribution < -0.4 is 5.32 Å². The van der Waals surface area contributed by atoms with E-state index in [0.717, 1.165) is 31.7 Å². The van der Waals surface area contributed by atoms with E-state index in [9.17, 15) is 4.39 Å². The second-order valence-corrected chi connectivity index (χ2v) is 5.72. The van der Waals surface area contributed by atoms with Gasteiger partial charge in [-0.2, -0.15) is 0 Å². The van der Waals surface area contributed by atoms with E-state index in [1.807, 2.05) is 12.1 Å². The number of nitrogens with one attached hydrogen (secondary N) is 1. The van der Waals surface area contributed by atoms with Crippen molar-refractivity contribution in [3.8, 4) is 0 Å². The van der Waals surface area contributed by atoms with Gasteiger partial charge in [-0.1, -0.05) is 6.07 Å². The van der Waals surface area contributed by atoms with Gasteiger partial charge in [0.05, 0.1) is 4.47 Å². The SMILES string of the molecule is CC(NCCC1CCOC1)c1ccc(F)c(Br)c1. The van der Waals surface area contributed by atoms with Crippen molar-refractivity contribution < 1.29 is 9.13 Å². The lowest BCUT2D eigenvalue weighted by atomic mass is 10.0. The molecule has 0 saturated carbocycles. The molecule has 18 heavy (non-hydrogen) atoms. The molecule has 2 unspecified atom stereocenters. The molecule has 1 aliphatic heterocycles. The fourth-order valence-electron chi connectivity index (χ4n) is 2.21. The maximum Gasteiger partial charge on any atom is 0.137 e. The lowest BCUT2D eigenvalue weighted by molar-refractivity contribution is 0.184. The first-order valence-electron chi connectivity index (χ1n) is 6.43. The van der Waals surface area contributed by atoms with E-state index in [2.05, 4.69) is 28.2 Å². The summed E-state index contributed by atoms with van der Waals surface area (Å²) in [4.78, 5) is 0. The Morgan fingerprint density at radius 3 is 3.06 bits per heavy atom. The summed E-state index contributed by atoms with van der Waals surface area (Å²) in [6, 6.07) is 5.41. The van der Waals surface area contributed by atoms with Crippen LogP contribution in [0.15, 0.2) is 22.7 Å². The van der Waals surface area contributed by atoms with Gasteiger partial charge in [0.15, 0.2) is 0 Å². The largest absolute Gasteiger partial charge is 0.381 e. The van der Waals surface area contributed by atoms with Crippen molar-refractivity contribution in [1.82, 2.24) is 5.32 Å². The molecule has 100 valence electrons. The van der Waals surface area contributed by atoms with Crippen molar-refractivity contribution in [3.05, 3.63) is 34.1 Å². The second kappa shape index (κ2) is 6.64. The third kappa shape index (κ3) is 3.77. The van der Waals surface area contributed by atoms with Crippen LogP contribution in [0.3, 0.4) is 0 Å². The van der Waals surface area contributed by atoms with Crippen molar-refractivity contribution in [2.75, 3.05) is 19.8 Å². The Balaban J connectivity index is 1.79. The molecule has 4 heteroatoms. The molecule has 0 aromatic heterocycles. The van der Waals surface area contributed by atoms with Gasteiger partial charge < -0.3 is 10.1 Å². The summed E-state index contributed by atoms with van der Waals surface area (Å²) in [6.07, 6.45) is 2.32. The van der Waals surface area contributed by atoms with Gasteiger partial charge in [0.2, 0.25) is 0 Å². The van der Waals surface area contributed by atoms with Gasteiger partial charge in [0, 0.05) is 19.3 Å². The van der Waals surface area contributed by atoms with Crippen LogP contribution in [-0.4, -0.2) is 19.8 Å². The van der Waals surface area contributed by atoms with E-state index in [-0.39, 0.29) is 11.9 Å². The molecule has 1 saturated heterocycles. The van der Waals surface area contributed by atoms with E-state index in [1.54, 1.807) is 0 Å². The van der Waals surface area contributed by atoms with Crippen LogP contribution in [0.5, 0.6) is 0 Å². The van der Waals surface area contributed by atoms with Crippen LogP contribution in [0.1, 0.15) is 31.4 Å². The zero-order chi connectivity index (χ0) is 13.0. The fourth-order valence-corrected chi connectivity index (χ4v) is 2.61. The van der Waals surface area contributed by atoms with Gasteiger partial charge in [0.25, 0.3) is 0 Å². The number of benzene rings is 1. The molecule has 2 atom stereocenters. The average Bonchev–Trinajstić information content (AvgIpc) is 2.85. The van der Waals surface area contributed by atoms with E-state index < -0.39 is 0 Å². The van der Waals surface area contributed by atoms with Gasteiger partial charge in [-0.05, 0) is 65.9 Å². The molecule has 1 heterocycles. The summed E-state index contributed by atoms with van der Waals surface area (Å²) in [5, 5.41) is 3.47. The Morgan fingerprint density at radius 2 is 2.39 bits per heavy atom. The number of hydrogen-bond acceptors (Lipinski definition) is 2. The molecule has 0 aliphatic carbocycles. The molecule has 1 aromatic rings. The number of rotatable bonds is 5. The summed E-state index contributed by atoms with van der Waals surface area (Å²) in [5.41, 5.74) is 1.10. The highest BCUT2D eigenvalue weighted by Gasteiger charge is 2.15. The highest BCUT2D eigenvalue weighted by atomic mass is 79.9. The molecule has 0 amide bonds. The monoisotopic (exact) mass is 315 g/mol. The maximum atomic E-state index is 13.1. The Bertz CT molecular complexity index is 393. The average molecular weight is 316 g/mol. The predicted molar refractivity (Wildman–Crippen MR) is 74.1 cm³/mol. The Hall–Kier alpha value is -0.450. The first-order chi connectivity index (χ1) is 8.66. The summed E-state index contributed by atoms with van der Waals surface area (Å²) in [6.45, 7) is 4.89. The molecule has 0 bridgehead atoms. The van der Waals surface area contributed by atoms with E-state index in [1.165, 1.54) is 12.5 Å². The highest BCUT2D eigenvalue weighted by molar-refractivity contribution is 9.10. The van der Waals surface area contributed by atoms with Crippen molar-refractivity contribution in [3.63, 3.8) is 0 Å². The molecule has 2 rings (SSSR count). The molecule has 0 radical (unpaired) electrons. The minimum Gasteiger partial charge on any atom is -0.381 e. The summed E-state index contributed by atoms with van der Waals surface area (Å²) >= 11 is 3.22. The molecule has 1 aliphatic rings. The Kier molecular flexibility index (Phi) is 5.15. The topological polar surface area (TPSA) is 21.3 Å². The van der Waals surface area contributed by atoms with E-state index in [4.69, 9.17) is 4.74 Å². The molecular weight excluding hydrogens is 297 g/mol. The van der Waals surface area contributed by atoms with Crippen LogP contribution in [0.25, 0.3) is 0 Å². The van der Waals surface area contributed by atoms with Gasteiger partial charge >= 0.3 is 0 Å². The van der Waals surface area contributed by atoms with Gasteiger partial charge in [-0.3, -0.25) is 0 Å². The zero-order valence-electron chi connectivity index (χ0n) is 10.6. The molecule has 2 nitrogen and oxygen atoms in total. The lowest BCUT2D eigenvalue weighted by Gasteiger charge is -2.16. The molecule has 0 spiro atoms. The second-order valence-electron chi connectivity index (χ2n) is 4.87. The van der Waals surface area contributed by atoms with Gasteiger partial charge in [-0.25, -0.2) is 4.39 Å². The van der Waals surface area contributed by atoms with Crippen molar-refractivity contribution in [2.45, 2.75) is 25.8 Å². The summed E-state index contributed by atoms with van der Waals surface area (Å²) < 4.78 is 19.0. The smallest absolute Gasteiger partial charge is 0.137 e. The third-order valence-electron chi connectivity index (χ3n) is 3.47. The summed E-state index contributed by atoms with van der Waals surface area (Å²) in [5.74, 6) is 0.485. The number of ether oxygens (including phenoxy) is 1. The molecule has 1 fully saturated rings. The minimum absolute atomic E-state index is 0.214. The van der Waals surface area contributed by atoms with Crippen LogP contribution in [0.4, 0.5) is 4.39 Å². The summed E-state index contributed by atoms with van der Waals surface area (Å²) in [7, 11) is 0. The van der Waals surface area contributed by atoms with Crippen LogP contribution >= 0.6 is 15.9 Å². The quantitative estimate of drug-likeness (QED) is 0.895. The zero-order valence-corrected chi connectivity index (χ0v) is 12.2. The van der Waals surface area contributed by atoms with Crippen LogP contribution in [0.2, 0.25) is 0 Å². The van der Waals surface area contributed by atoms with Gasteiger partial charge in [0.1, 0.15) is 5.82 Å². The van der Waals surface area contributed by atoms with Crippen molar-refractivity contribution >= 4 is 15.9 Å². The highest BCUT2D eigenvalue weighted by Crippen LogP contribution is 2.21. The molecule has 1 aromatic carbocycles. The van der Waals surface area contributed by atoms with E-state index >= 15 is 0 Å². The first kappa shape index (κ1) is 14.0. The fraction of sp³-hybridized carbons (Fsp3) is 0.571. The lowest BCUT2D eigenvalue weighted by Crippen LogP contribution is -2.22. The van der Waals surface area contributed by atoms with Crippen molar-refractivity contribution in [1.29, 1.82) is 0 Å². The van der Waals surface area contributed by atoms with E-state index in [0.29, 0.717) is 10.4 Å². The Labute approximate surface area is 116 Å². The molecular formula is C14H19BrFNO. The first-order valence-corrected chi connectivity index (χ1v) is 7.22. The standard InChI is InChI=1S/C14H19BrFNO/c1-10(12-2-3-14(16)13(15)8-12)17-6-4-11-5-7-18-9-11/h2-3,8,10-11,17H,4-7,9H2,1H3. The third-order valence-corrected chi connectivity index (χ3v) is 4.08. The minimum atomic E-state index is -0.214. The predicted octanol–water partition coefficient (Wildman–Crippen LogP) is 3.67. The Morgan fingerprint density at radius 1 is 1.56 bits per heavy atom. The van der Waals surface area contributed by atoms with Crippen LogP contribution in [0, 0.1) is 11.7 Å². The van der Waals surface area contributed by atoms with Crippen molar-refractivity contribution in [2.24, 2.45) is 5.92 Å². The van der Waals surface area contributed by atoms with Crippen LogP contribution in [-0.2, 0) is 4.74 Å². The number of hydrogen-bond donors (Lipinski definition) is 1. The maximum absolute atomic E-state index is 13.1. The normalized spacial score (nSPS) is 21.2. The molecule has 1 N–H and O–H groups in total. The number of halogens is 2. The van der Waals surface area contributed by atoms with Gasteiger partial charge in [-0.15, -0.1) is 0 Å².